The van der Waals surface area contributed by atoms with Crippen LogP contribution in [0.3, 0.4) is 0 Å². The first-order chi connectivity index (χ1) is 12.7. The molecule has 0 unspecified atom stereocenters. The predicted molar refractivity (Wildman–Crippen MR) is 102 cm³/mol. The number of hydrogen-bond acceptors (Lipinski definition) is 5. The molecule has 1 aliphatic carbocycles. The van der Waals surface area contributed by atoms with Crippen molar-refractivity contribution >= 4 is 22.4 Å². The molecule has 1 amide bonds. The third kappa shape index (κ3) is 4.07. The maximum Gasteiger partial charge on any atom is 0.257 e. The van der Waals surface area contributed by atoms with Gasteiger partial charge in [0.05, 0.1) is 11.8 Å². The molecule has 1 N–H and O–H groups in total. The van der Waals surface area contributed by atoms with E-state index in [2.05, 4.69) is 17.2 Å². The van der Waals surface area contributed by atoms with Crippen LogP contribution in [0.15, 0.2) is 24.3 Å². The molecule has 2 heterocycles. The fourth-order valence-corrected chi connectivity index (χ4v) is 4.60. The molecule has 2 aromatic rings. The summed E-state index contributed by atoms with van der Waals surface area (Å²) in [6, 6.07) is 7.24. The predicted octanol–water partition coefficient (Wildman–Crippen LogP) is 4.08. The Kier molecular flexibility index (Phi) is 5.22. The van der Waals surface area contributed by atoms with Crippen LogP contribution in [0.4, 0.5) is 5.13 Å². The van der Waals surface area contributed by atoms with E-state index in [0.717, 1.165) is 43.7 Å². The normalized spacial score (nSPS) is 22.0. The fourth-order valence-electron chi connectivity index (χ4n) is 3.43. The summed E-state index contributed by atoms with van der Waals surface area (Å²) in [6.07, 6.45) is 5.61. The summed E-state index contributed by atoms with van der Waals surface area (Å²) >= 11 is 1.61. The number of nitrogens with one attached hydrogen (secondary N) is 1. The highest BCUT2D eigenvalue weighted by atomic mass is 32.1. The molecule has 138 valence electrons. The lowest BCUT2D eigenvalue weighted by molar-refractivity contribution is 0.0679. The van der Waals surface area contributed by atoms with Gasteiger partial charge in [0.25, 0.3) is 5.91 Å². The molecular formula is C20H24N2O3S. The SMILES string of the molecule is C[C@@H]1CCc2nc(NC(=O)c3ccc(OC[C@H]4CCCO4)cc3)sc2C1. The third-order valence-corrected chi connectivity index (χ3v) is 6.02. The van der Waals surface area contributed by atoms with E-state index >= 15 is 0 Å². The number of nitrogens with zero attached hydrogens (tertiary/aromatic N) is 1. The van der Waals surface area contributed by atoms with Gasteiger partial charge < -0.3 is 9.47 Å². The van der Waals surface area contributed by atoms with Gasteiger partial charge >= 0.3 is 0 Å². The maximum atomic E-state index is 12.5. The van der Waals surface area contributed by atoms with Gasteiger partial charge in [-0.1, -0.05) is 6.92 Å². The molecule has 1 aromatic carbocycles. The number of amides is 1. The highest BCUT2D eigenvalue weighted by Crippen LogP contribution is 2.32. The van der Waals surface area contributed by atoms with Gasteiger partial charge in [0.2, 0.25) is 0 Å². The Balaban J connectivity index is 1.34. The summed E-state index contributed by atoms with van der Waals surface area (Å²) in [6.45, 7) is 3.66. The second-order valence-electron chi connectivity index (χ2n) is 7.16. The van der Waals surface area contributed by atoms with Gasteiger partial charge in [-0.15, -0.1) is 11.3 Å². The largest absolute Gasteiger partial charge is 0.491 e. The lowest BCUT2D eigenvalue weighted by Gasteiger charge is -2.15. The molecule has 1 saturated heterocycles. The van der Waals surface area contributed by atoms with Crippen molar-refractivity contribution in [3.8, 4) is 5.75 Å². The monoisotopic (exact) mass is 372 g/mol. The second-order valence-corrected chi connectivity index (χ2v) is 8.25. The molecule has 1 aromatic heterocycles. The molecule has 26 heavy (non-hydrogen) atoms. The van der Waals surface area contributed by atoms with Crippen LogP contribution >= 0.6 is 11.3 Å². The third-order valence-electron chi connectivity index (χ3n) is 4.98. The Labute approximate surface area is 157 Å². The van der Waals surface area contributed by atoms with E-state index in [1.165, 1.54) is 11.3 Å². The van der Waals surface area contributed by atoms with Crippen LogP contribution in [0.25, 0.3) is 0 Å². The first-order valence-corrected chi connectivity index (χ1v) is 10.1. The standard InChI is InChI=1S/C20H24N2O3S/c1-13-4-9-17-18(11-13)26-20(21-17)22-19(23)14-5-7-15(8-6-14)25-12-16-3-2-10-24-16/h5-8,13,16H,2-4,9-12H2,1H3,(H,21,22,23)/t13-,16-/m1/s1. The van der Waals surface area contributed by atoms with Crippen LogP contribution in [-0.4, -0.2) is 30.2 Å². The van der Waals surface area contributed by atoms with Crippen LogP contribution in [0, 0.1) is 5.92 Å². The highest BCUT2D eigenvalue weighted by molar-refractivity contribution is 7.15. The van der Waals surface area contributed by atoms with Crippen molar-refractivity contribution < 1.29 is 14.3 Å². The molecule has 0 spiro atoms. The van der Waals surface area contributed by atoms with Crippen molar-refractivity contribution in [3.63, 3.8) is 0 Å². The minimum absolute atomic E-state index is 0.130. The van der Waals surface area contributed by atoms with Crippen molar-refractivity contribution in [1.29, 1.82) is 0 Å². The Bertz CT molecular complexity index is 766. The summed E-state index contributed by atoms with van der Waals surface area (Å²) < 4.78 is 11.3. The summed E-state index contributed by atoms with van der Waals surface area (Å²) in [5.41, 5.74) is 1.76. The minimum Gasteiger partial charge on any atom is -0.491 e. The minimum atomic E-state index is -0.130. The Morgan fingerprint density at radius 3 is 2.96 bits per heavy atom. The van der Waals surface area contributed by atoms with Gasteiger partial charge in [-0.2, -0.15) is 0 Å². The molecule has 1 aliphatic heterocycles. The maximum absolute atomic E-state index is 12.5. The number of aryl methyl sites for hydroxylation is 1. The zero-order valence-corrected chi connectivity index (χ0v) is 15.8. The highest BCUT2D eigenvalue weighted by Gasteiger charge is 2.21. The van der Waals surface area contributed by atoms with Gasteiger partial charge in [-0.05, 0) is 62.3 Å². The second kappa shape index (κ2) is 7.76. The molecule has 0 saturated carbocycles. The molecular weight excluding hydrogens is 348 g/mol. The van der Waals surface area contributed by atoms with Crippen LogP contribution in [0.1, 0.15) is 47.1 Å². The van der Waals surface area contributed by atoms with Crippen molar-refractivity contribution in [2.24, 2.45) is 5.92 Å². The topological polar surface area (TPSA) is 60.5 Å². The van der Waals surface area contributed by atoms with Gasteiger partial charge in [-0.25, -0.2) is 4.98 Å². The van der Waals surface area contributed by atoms with E-state index in [4.69, 9.17) is 9.47 Å². The zero-order chi connectivity index (χ0) is 17.9. The number of thiazole rings is 1. The lowest BCUT2D eigenvalue weighted by Crippen LogP contribution is -2.16. The zero-order valence-electron chi connectivity index (χ0n) is 15.0. The molecule has 1 fully saturated rings. The number of ether oxygens (including phenoxy) is 2. The lowest BCUT2D eigenvalue weighted by atomic mass is 9.93. The molecule has 0 bridgehead atoms. The van der Waals surface area contributed by atoms with E-state index in [9.17, 15) is 4.79 Å². The Morgan fingerprint density at radius 1 is 1.35 bits per heavy atom. The van der Waals surface area contributed by atoms with Crippen molar-refractivity contribution in [2.75, 3.05) is 18.5 Å². The number of anilines is 1. The molecule has 5 nitrogen and oxygen atoms in total. The summed E-state index contributed by atoms with van der Waals surface area (Å²) in [4.78, 5) is 18.4. The van der Waals surface area contributed by atoms with Crippen LogP contribution in [0.2, 0.25) is 0 Å². The number of aromatic nitrogens is 1. The Hall–Kier alpha value is -1.92. The number of fused-ring (bicyclic) bond motifs is 1. The van der Waals surface area contributed by atoms with Gasteiger partial charge in [0.1, 0.15) is 12.4 Å². The number of rotatable bonds is 5. The first-order valence-electron chi connectivity index (χ1n) is 9.32. The van der Waals surface area contributed by atoms with E-state index in [-0.39, 0.29) is 12.0 Å². The quantitative estimate of drug-likeness (QED) is 0.859. The number of carbonyl (C=O) groups excluding carboxylic acids is 1. The van der Waals surface area contributed by atoms with Gasteiger partial charge in [0, 0.05) is 17.0 Å². The summed E-state index contributed by atoms with van der Waals surface area (Å²) in [7, 11) is 0. The van der Waals surface area contributed by atoms with Crippen molar-refractivity contribution in [2.45, 2.75) is 45.1 Å². The van der Waals surface area contributed by atoms with E-state index in [0.29, 0.717) is 23.2 Å². The Morgan fingerprint density at radius 2 is 2.19 bits per heavy atom. The molecule has 0 radical (unpaired) electrons. The smallest absolute Gasteiger partial charge is 0.257 e. The number of benzene rings is 1. The van der Waals surface area contributed by atoms with Crippen LogP contribution in [0.5, 0.6) is 5.75 Å². The fraction of sp³-hybridized carbons (Fsp3) is 0.500. The van der Waals surface area contributed by atoms with Crippen LogP contribution in [-0.2, 0) is 17.6 Å². The number of carbonyl (C=O) groups is 1. The van der Waals surface area contributed by atoms with Crippen molar-refractivity contribution in [3.05, 3.63) is 40.4 Å². The first kappa shape index (κ1) is 17.5. The summed E-state index contributed by atoms with van der Waals surface area (Å²) in [5.74, 6) is 1.33. The molecule has 2 aliphatic rings. The van der Waals surface area contributed by atoms with Crippen molar-refractivity contribution in [1.82, 2.24) is 4.98 Å². The number of hydrogen-bond donors (Lipinski definition) is 1. The molecule has 4 rings (SSSR count). The molecule has 2 atom stereocenters. The van der Waals surface area contributed by atoms with Crippen LogP contribution < -0.4 is 10.1 Å². The average Bonchev–Trinajstić information content (AvgIpc) is 3.29. The van der Waals surface area contributed by atoms with Gasteiger partial charge in [0.15, 0.2) is 5.13 Å². The molecule has 6 heteroatoms. The van der Waals surface area contributed by atoms with E-state index in [1.54, 1.807) is 23.5 Å². The van der Waals surface area contributed by atoms with E-state index < -0.39 is 0 Å². The van der Waals surface area contributed by atoms with E-state index in [1.807, 2.05) is 12.1 Å². The average molecular weight is 372 g/mol. The summed E-state index contributed by atoms with van der Waals surface area (Å²) in [5, 5.41) is 3.64. The van der Waals surface area contributed by atoms with Gasteiger partial charge in [-0.3, -0.25) is 10.1 Å².